The van der Waals surface area contributed by atoms with Crippen molar-refractivity contribution in [1.82, 2.24) is 24.8 Å². The molecule has 1 amide bonds. The number of hydrogen-bond donors (Lipinski definition) is 1. The second kappa shape index (κ2) is 10.8. The molecule has 4 aromatic rings. The van der Waals surface area contributed by atoms with E-state index >= 15 is 0 Å². The molecule has 1 unspecified atom stereocenters. The van der Waals surface area contributed by atoms with Gasteiger partial charge in [-0.2, -0.15) is 0 Å². The minimum atomic E-state index is -0.656. The summed E-state index contributed by atoms with van der Waals surface area (Å²) in [4.78, 5) is 38.0. The molecule has 2 aromatic carbocycles. The summed E-state index contributed by atoms with van der Waals surface area (Å²) in [7, 11) is 0. The molecule has 198 valence electrons. The van der Waals surface area contributed by atoms with Gasteiger partial charge in [-0.05, 0) is 29.8 Å². The van der Waals surface area contributed by atoms with E-state index in [1.54, 1.807) is 29.1 Å². The Balaban J connectivity index is 1.39. The number of nitrogens with one attached hydrogen (secondary N) is 1. The van der Waals surface area contributed by atoms with Crippen LogP contribution < -0.4 is 15.6 Å². The van der Waals surface area contributed by atoms with Gasteiger partial charge >= 0.3 is 0 Å². The number of amides is 1. The van der Waals surface area contributed by atoms with Crippen molar-refractivity contribution in [2.45, 2.75) is 25.7 Å². The Bertz CT molecular complexity index is 1560. The summed E-state index contributed by atoms with van der Waals surface area (Å²) >= 11 is 0. The molecule has 0 spiro atoms. The van der Waals surface area contributed by atoms with Crippen LogP contribution in [0.2, 0.25) is 0 Å². The van der Waals surface area contributed by atoms with Gasteiger partial charge < -0.3 is 14.8 Å². The standard InChI is InChI=1S/C29H26FN5O4/c30-22-12-21-17-38-18-39-27(21)23(13-22)29(37)33-25-16-34(15-19-4-2-1-3-5-19)10-11-35-26(36)14-24(32-28(25)35)20-6-8-31-9-7-20/h1-9,12-14,25H,10-11,15-18H2,(H,33,37). The van der Waals surface area contributed by atoms with Gasteiger partial charge in [0.15, 0.2) is 6.79 Å². The predicted molar refractivity (Wildman–Crippen MR) is 140 cm³/mol. The van der Waals surface area contributed by atoms with E-state index in [-0.39, 0.29) is 24.5 Å². The molecule has 0 radical (unpaired) electrons. The SMILES string of the molecule is O=C(NC1CN(Cc2ccccc2)CCn2c1nc(-c1ccncc1)cc2=O)c1cc(F)cc2c1OCOC2. The Morgan fingerprint density at radius 2 is 1.90 bits per heavy atom. The number of nitrogens with zero attached hydrogens (tertiary/aromatic N) is 4. The first-order valence-corrected chi connectivity index (χ1v) is 12.7. The number of rotatable bonds is 5. The monoisotopic (exact) mass is 527 g/mol. The maximum atomic E-state index is 14.4. The van der Waals surface area contributed by atoms with Crippen molar-refractivity contribution in [3.63, 3.8) is 0 Å². The molecule has 6 rings (SSSR count). The first kappa shape index (κ1) is 24.9. The summed E-state index contributed by atoms with van der Waals surface area (Å²) in [5.74, 6) is -0.345. The van der Waals surface area contributed by atoms with Gasteiger partial charge in [-0.3, -0.25) is 24.0 Å². The second-order valence-corrected chi connectivity index (χ2v) is 9.52. The molecule has 0 saturated carbocycles. The Morgan fingerprint density at radius 1 is 1.08 bits per heavy atom. The fourth-order valence-electron chi connectivity index (χ4n) is 5.04. The van der Waals surface area contributed by atoms with Crippen LogP contribution in [0.1, 0.15) is 33.4 Å². The predicted octanol–water partition coefficient (Wildman–Crippen LogP) is 3.30. The lowest BCUT2D eigenvalue weighted by Crippen LogP contribution is -2.38. The second-order valence-electron chi connectivity index (χ2n) is 9.52. The average molecular weight is 528 g/mol. The van der Waals surface area contributed by atoms with Crippen LogP contribution >= 0.6 is 0 Å². The summed E-state index contributed by atoms with van der Waals surface area (Å²) in [5, 5.41) is 3.03. The number of pyridine rings is 1. The molecule has 0 saturated heterocycles. The van der Waals surface area contributed by atoms with Crippen molar-refractivity contribution < 1.29 is 18.7 Å². The minimum Gasteiger partial charge on any atom is -0.466 e. The molecule has 2 aromatic heterocycles. The van der Waals surface area contributed by atoms with Crippen LogP contribution in [-0.2, 0) is 24.4 Å². The van der Waals surface area contributed by atoms with Gasteiger partial charge in [0.25, 0.3) is 11.5 Å². The van der Waals surface area contributed by atoms with Crippen LogP contribution in [0, 0.1) is 5.82 Å². The molecule has 0 bridgehead atoms. The zero-order valence-corrected chi connectivity index (χ0v) is 21.0. The molecular weight excluding hydrogens is 501 g/mol. The Morgan fingerprint density at radius 3 is 2.72 bits per heavy atom. The number of benzene rings is 2. The summed E-state index contributed by atoms with van der Waals surface area (Å²) < 4.78 is 26.9. The van der Waals surface area contributed by atoms with Crippen LogP contribution in [0.3, 0.4) is 0 Å². The van der Waals surface area contributed by atoms with Crippen LogP contribution in [0.4, 0.5) is 4.39 Å². The van der Waals surface area contributed by atoms with Gasteiger partial charge in [0, 0.05) is 55.8 Å². The fourth-order valence-corrected chi connectivity index (χ4v) is 5.04. The number of hydrogen-bond acceptors (Lipinski definition) is 7. The lowest BCUT2D eigenvalue weighted by atomic mass is 10.1. The number of fused-ring (bicyclic) bond motifs is 2. The number of carbonyl (C=O) groups is 1. The molecule has 2 aliphatic rings. The van der Waals surface area contributed by atoms with Crippen molar-refractivity contribution in [1.29, 1.82) is 0 Å². The van der Waals surface area contributed by atoms with Gasteiger partial charge in [0.1, 0.15) is 23.4 Å². The maximum Gasteiger partial charge on any atom is 0.255 e. The third kappa shape index (κ3) is 5.29. The Kier molecular flexibility index (Phi) is 6.87. The average Bonchev–Trinajstić information content (AvgIpc) is 3.13. The van der Waals surface area contributed by atoms with Crippen LogP contribution in [0.5, 0.6) is 5.75 Å². The summed E-state index contributed by atoms with van der Waals surface area (Å²) in [5.41, 5.74) is 2.68. The molecule has 0 fully saturated rings. The van der Waals surface area contributed by atoms with E-state index in [9.17, 15) is 14.0 Å². The van der Waals surface area contributed by atoms with E-state index < -0.39 is 17.8 Å². The van der Waals surface area contributed by atoms with E-state index in [1.807, 2.05) is 30.3 Å². The van der Waals surface area contributed by atoms with Gasteiger partial charge in [-0.1, -0.05) is 30.3 Å². The van der Waals surface area contributed by atoms with E-state index in [4.69, 9.17) is 14.5 Å². The highest BCUT2D eigenvalue weighted by atomic mass is 19.1. The van der Waals surface area contributed by atoms with Crippen molar-refractivity contribution in [2.75, 3.05) is 19.9 Å². The number of carbonyl (C=O) groups excluding carboxylic acids is 1. The lowest BCUT2D eigenvalue weighted by Gasteiger charge is -2.26. The minimum absolute atomic E-state index is 0.0255. The number of halogens is 1. The molecule has 1 N–H and O–H groups in total. The zero-order chi connectivity index (χ0) is 26.8. The van der Waals surface area contributed by atoms with Crippen LogP contribution in [-0.4, -0.2) is 45.2 Å². The van der Waals surface area contributed by atoms with Gasteiger partial charge in [-0.25, -0.2) is 9.37 Å². The first-order valence-electron chi connectivity index (χ1n) is 12.7. The zero-order valence-electron chi connectivity index (χ0n) is 21.0. The van der Waals surface area contributed by atoms with E-state index in [0.717, 1.165) is 17.2 Å². The highest BCUT2D eigenvalue weighted by molar-refractivity contribution is 5.97. The summed E-state index contributed by atoms with van der Waals surface area (Å²) in [6, 6.07) is 16.9. The van der Waals surface area contributed by atoms with Crippen LogP contribution in [0.25, 0.3) is 11.3 Å². The molecule has 9 nitrogen and oxygen atoms in total. The molecule has 4 heterocycles. The molecule has 0 aliphatic carbocycles. The first-order chi connectivity index (χ1) is 19.0. The largest absolute Gasteiger partial charge is 0.466 e. The highest BCUT2D eigenvalue weighted by Gasteiger charge is 2.30. The fraction of sp³-hybridized carbons (Fsp3) is 0.241. The normalized spacial score (nSPS) is 16.9. The molecular formula is C29H26FN5O4. The number of ether oxygens (including phenoxy) is 2. The third-order valence-electron chi connectivity index (χ3n) is 6.88. The summed E-state index contributed by atoms with van der Waals surface area (Å²) in [6.45, 7) is 2.14. The van der Waals surface area contributed by atoms with E-state index in [0.29, 0.717) is 49.0 Å². The van der Waals surface area contributed by atoms with Gasteiger partial charge in [0.2, 0.25) is 0 Å². The van der Waals surface area contributed by atoms with Gasteiger partial charge in [0.05, 0.1) is 17.9 Å². The molecule has 10 heteroatoms. The highest BCUT2D eigenvalue weighted by Crippen LogP contribution is 2.30. The van der Waals surface area contributed by atoms with Crippen LogP contribution in [0.15, 0.2) is 77.9 Å². The Labute approximate surface area is 223 Å². The quantitative estimate of drug-likeness (QED) is 0.425. The Hall–Kier alpha value is -4.41. The third-order valence-corrected chi connectivity index (χ3v) is 6.88. The van der Waals surface area contributed by atoms with Crippen molar-refractivity contribution in [2.24, 2.45) is 0 Å². The van der Waals surface area contributed by atoms with Crippen molar-refractivity contribution in [3.05, 3.63) is 112 Å². The maximum absolute atomic E-state index is 14.4. The topological polar surface area (TPSA) is 98.6 Å². The van der Waals surface area contributed by atoms with Crippen molar-refractivity contribution >= 4 is 5.91 Å². The van der Waals surface area contributed by atoms with Crippen molar-refractivity contribution in [3.8, 4) is 17.0 Å². The lowest BCUT2D eigenvalue weighted by molar-refractivity contribution is -0.0170. The van der Waals surface area contributed by atoms with E-state index in [2.05, 4.69) is 15.2 Å². The molecule has 39 heavy (non-hydrogen) atoms. The van der Waals surface area contributed by atoms with Gasteiger partial charge in [-0.15, -0.1) is 0 Å². The smallest absolute Gasteiger partial charge is 0.255 e. The van der Waals surface area contributed by atoms with E-state index in [1.165, 1.54) is 12.1 Å². The molecule has 2 aliphatic heterocycles. The number of aromatic nitrogens is 3. The molecule has 1 atom stereocenters. The summed E-state index contributed by atoms with van der Waals surface area (Å²) in [6.07, 6.45) is 3.27.